The second-order valence-corrected chi connectivity index (χ2v) is 5.32. The van der Waals surface area contributed by atoms with Crippen molar-refractivity contribution in [3.8, 4) is 5.75 Å². The molecule has 0 heterocycles. The van der Waals surface area contributed by atoms with Gasteiger partial charge in [-0.15, -0.1) is 12.4 Å². The van der Waals surface area contributed by atoms with Crippen molar-refractivity contribution in [2.45, 2.75) is 52.5 Å². The van der Waals surface area contributed by atoms with E-state index >= 15 is 0 Å². The van der Waals surface area contributed by atoms with E-state index in [-0.39, 0.29) is 18.4 Å². The molecule has 2 unspecified atom stereocenters. The Bertz CT molecular complexity index is 394. The van der Waals surface area contributed by atoms with E-state index in [0.717, 1.165) is 24.2 Å². The van der Waals surface area contributed by atoms with Crippen LogP contribution in [0.4, 0.5) is 0 Å². The fourth-order valence-corrected chi connectivity index (χ4v) is 2.30. The van der Waals surface area contributed by atoms with Gasteiger partial charge in [-0.2, -0.15) is 0 Å². The largest absolute Gasteiger partial charge is 0.492 e. The third kappa shape index (κ3) is 5.21. The molecule has 0 saturated heterocycles. The van der Waals surface area contributed by atoms with Crippen molar-refractivity contribution in [1.82, 2.24) is 0 Å². The summed E-state index contributed by atoms with van der Waals surface area (Å²) in [6.45, 7) is 8.98. The maximum absolute atomic E-state index is 6.33. The van der Waals surface area contributed by atoms with Crippen LogP contribution in [-0.4, -0.2) is 12.6 Å². The lowest BCUT2D eigenvalue weighted by molar-refractivity contribution is 0.336. The first-order valence-electron chi connectivity index (χ1n) is 6.70. The van der Waals surface area contributed by atoms with Gasteiger partial charge in [-0.05, 0) is 49.8 Å². The molecule has 0 radical (unpaired) electrons. The molecule has 1 aromatic carbocycles. The van der Waals surface area contributed by atoms with Gasteiger partial charge in [-0.3, -0.25) is 0 Å². The Balaban J connectivity index is 0.00000324. The topological polar surface area (TPSA) is 35.2 Å². The number of benzene rings is 1. The standard InChI is InChI=1S/C15H24ClNO.ClH/c1-5-10(3)12-8-13(7-11(4)17)15(18-6-2)14(16)9-12;/h8-11H,5-7,17H2,1-4H3;1H. The van der Waals surface area contributed by atoms with Crippen LogP contribution >= 0.6 is 24.0 Å². The minimum absolute atomic E-state index is 0. The van der Waals surface area contributed by atoms with Gasteiger partial charge in [0.05, 0.1) is 11.6 Å². The van der Waals surface area contributed by atoms with E-state index in [9.17, 15) is 0 Å². The minimum Gasteiger partial charge on any atom is -0.492 e. The van der Waals surface area contributed by atoms with Gasteiger partial charge < -0.3 is 10.5 Å². The molecule has 0 aliphatic heterocycles. The Morgan fingerprint density at radius 1 is 1.26 bits per heavy atom. The van der Waals surface area contributed by atoms with Gasteiger partial charge in [0.1, 0.15) is 5.75 Å². The van der Waals surface area contributed by atoms with Crippen LogP contribution in [0.25, 0.3) is 0 Å². The Hall–Kier alpha value is -0.440. The molecule has 0 saturated carbocycles. The van der Waals surface area contributed by atoms with Crippen molar-refractivity contribution in [1.29, 1.82) is 0 Å². The van der Waals surface area contributed by atoms with E-state index in [4.69, 9.17) is 22.1 Å². The number of hydrogen-bond donors (Lipinski definition) is 1. The highest BCUT2D eigenvalue weighted by molar-refractivity contribution is 6.32. The molecule has 0 spiro atoms. The zero-order valence-electron chi connectivity index (χ0n) is 12.2. The Kier molecular flexibility index (Phi) is 8.47. The summed E-state index contributed by atoms with van der Waals surface area (Å²) in [6.07, 6.45) is 1.89. The molecule has 2 nitrogen and oxygen atoms in total. The quantitative estimate of drug-likeness (QED) is 0.836. The third-order valence-electron chi connectivity index (χ3n) is 3.15. The maximum atomic E-state index is 6.33. The average Bonchev–Trinajstić information content (AvgIpc) is 2.31. The van der Waals surface area contributed by atoms with Crippen molar-refractivity contribution in [3.05, 3.63) is 28.3 Å². The van der Waals surface area contributed by atoms with E-state index in [2.05, 4.69) is 19.9 Å². The first kappa shape index (κ1) is 18.6. The van der Waals surface area contributed by atoms with Crippen LogP contribution in [0.15, 0.2) is 12.1 Å². The average molecular weight is 306 g/mol. The fourth-order valence-electron chi connectivity index (χ4n) is 2.00. The summed E-state index contributed by atoms with van der Waals surface area (Å²) in [7, 11) is 0. The van der Waals surface area contributed by atoms with Crippen molar-refractivity contribution in [2.75, 3.05) is 6.61 Å². The van der Waals surface area contributed by atoms with Crippen LogP contribution in [0.1, 0.15) is 51.2 Å². The van der Waals surface area contributed by atoms with Crippen molar-refractivity contribution >= 4 is 24.0 Å². The summed E-state index contributed by atoms with van der Waals surface area (Å²) < 4.78 is 5.65. The normalized spacial score (nSPS) is 13.6. The number of halogens is 2. The highest BCUT2D eigenvalue weighted by Gasteiger charge is 2.14. The van der Waals surface area contributed by atoms with Gasteiger partial charge in [-0.25, -0.2) is 0 Å². The molecule has 0 aliphatic rings. The van der Waals surface area contributed by atoms with Crippen molar-refractivity contribution in [3.63, 3.8) is 0 Å². The summed E-state index contributed by atoms with van der Waals surface area (Å²) >= 11 is 6.33. The molecule has 0 amide bonds. The zero-order valence-corrected chi connectivity index (χ0v) is 13.8. The SMILES string of the molecule is CCOc1c(Cl)cc(C(C)CC)cc1CC(C)N.Cl. The molecule has 2 atom stereocenters. The minimum atomic E-state index is 0. The lowest BCUT2D eigenvalue weighted by atomic mass is 9.94. The molecular weight excluding hydrogens is 281 g/mol. The molecule has 0 bridgehead atoms. The van der Waals surface area contributed by atoms with Crippen LogP contribution in [0.5, 0.6) is 5.75 Å². The highest BCUT2D eigenvalue weighted by Crippen LogP contribution is 2.34. The van der Waals surface area contributed by atoms with Gasteiger partial charge in [0.2, 0.25) is 0 Å². The van der Waals surface area contributed by atoms with E-state index in [1.165, 1.54) is 5.56 Å². The highest BCUT2D eigenvalue weighted by atomic mass is 35.5. The number of nitrogens with two attached hydrogens (primary N) is 1. The van der Waals surface area contributed by atoms with Crippen LogP contribution < -0.4 is 10.5 Å². The number of hydrogen-bond acceptors (Lipinski definition) is 2. The van der Waals surface area contributed by atoms with E-state index < -0.39 is 0 Å². The van der Waals surface area contributed by atoms with Gasteiger partial charge in [0.15, 0.2) is 0 Å². The monoisotopic (exact) mass is 305 g/mol. The molecule has 1 aromatic rings. The third-order valence-corrected chi connectivity index (χ3v) is 3.44. The van der Waals surface area contributed by atoms with Crippen molar-refractivity contribution < 1.29 is 4.74 Å². The lowest BCUT2D eigenvalue weighted by Gasteiger charge is -2.18. The zero-order chi connectivity index (χ0) is 13.7. The van der Waals surface area contributed by atoms with Gasteiger partial charge in [-0.1, -0.05) is 31.5 Å². The second-order valence-electron chi connectivity index (χ2n) is 4.91. The summed E-state index contributed by atoms with van der Waals surface area (Å²) in [5.41, 5.74) is 8.29. The summed E-state index contributed by atoms with van der Waals surface area (Å²) in [5, 5.41) is 0.699. The smallest absolute Gasteiger partial charge is 0.141 e. The summed E-state index contributed by atoms with van der Waals surface area (Å²) in [6, 6.07) is 4.31. The van der Waals surface area contributed by atoms with Crippen LogP contribution in [0, 0.1) is 0 Å². The van der Waals surface area contributed by atoms with E-state index in [1.54, 1.807) is 0 Å². The predicted molar refractivity (Wildman–Crippen MR) is 85.9 cm³/mol. The fraction of sp³-hybridized carbons (Fsp3) is 0.600. The Labute approximate surface area is 128 Å². The maximum Gasteiger partial charge on any atom is 0.141 e. The Morgan fingerprint density at radius 2 is 1.89 bits per heavy atom. The first-order valence-corrected chi connectivity index (χ1v) is 7.08. The lowest BCUT2D eigenvalue weighted by Crippen LogP contribution is -2.18. The molecule has 0 fully saturated rings. The van der Waals surface area contributed by atoms with Crippen molar-refractivity contribution in [2.24, 2.45) is 5.73 Å². The predicted octanol–water partition coefficient (Wildman–Crippen LogP) is 4.56. The summed E-state index contributed by atoms with van der Waals surface area (Å²) in [4.78, 5) is 0. The Morgan fingerprint density at radius 3 is 2.37 bits per heavy atom. The van der Waals surface area contributed by atoms with E-state index in [1.807, 2.05) is 19.9 Å². The van der Waals surface area contributed by atoms with Gasteiger partial charge in [0, 0.05) is 6.04 Å². The molecule has 110 valence electrons. The van der Waals surface area contributed by atoms with Gasteiger partial charge >= 0.3 is 0 Å². The first-order chi connectivity index (χ1) is 8.49. The molecule has 19 heavy (non-hydrogen) atoms. The molecular formula is C15H25Cl2NO. The number of ether oxygens (including phenoxy) is 1. The van der Waals surface area contributed by atoms with Crippen LogP contribution in [0.2, 0.25) is 5.02 Å². The molecule has 1 rings (SSSR count). The summed E-state index contributed by atoms with van der Waals surface area (Å²) in [5.74, 6) is 1.30. The van der Waals surface area contributed by atoms with Crippen LogP contribution in [-0.2, 0) is 6.42 Å². The molecule has 0 aromatic heterocycles. The van der Waals surface area contributed by atoms with Crippen LogP contribution in [0.3, 0.4) is 0 Å². The molecule has 2 N–H and O–H groups in total. The second kappa shape index (κ2) is 8.68. The molecule has 0 aliphatic carbocycles. The van der Waals surface area contributed by atoms with E-state index in [0.29, 0.717) is 17.5 Å². The molecule has 4 heteroatoms. The van der Waals surface area contributed by atoms with Gasteiger partial charge in [0.25, 0.3) is 0 Å². The number of rotatable bonds is 6.